The van der Waals surface area contributed by atoms with E-state index in [-0.39, 0.29) is 29.4 Å². The van der Waals surface area contributed by atoms with Gasteiger partial charge in [0.15, 0.2) is 0 Å². The minimum absolute atomic E-state index is 0.215. The van der Waals surface area contributed by atoms with Gasteiger partial charge >= 0.3 is 6.36 Å². The van der Waals surface area contributed by atoms with Crippen LogP contribution in [-0.4, -0.2) is 46.5 Å². The molecule has 1 aliphatic heterocycles. The molecule has 0 saturated carbocycles. The molecule has 162 valence electrons. The third kappa shape index (κ3) is 4.99. The van der Waals surface area contributed by atoms with Crippen molar-refractivity contribution in [3.8, 4) is 17.4 Å². The lowest BCUT2D eigenvalue weighted by Gasteiger charge is -2.32. The number of para-hydroxylation sites is 1. The van der Waals surface area contributed by atoms with E-state index < -0.39 is 6.36 Å². The van der Waals surface area contributed by atoms with Crippen LogP contribution in [0.5, 0.6) is 17.4 Å². The number of aromatic nitrogens is 1. The molecule has 4 rings (SSSR count). The highest BCUT2D eigenvalue weighted by atomic mass is 19.4. The van der Waals surface area contributed by atoms with Crippen LogP contribution in [-0.2, 0) is 0 Å². The number of fused-ring (bicyclic) bond motifs is 1. The Morgan fingerprint density at radius 2 is 1.74 bits per heavy atom. The fraction of sp³-hybridized carbons (Fsp3) is 0.273. The highest BCUT2D eigenvalue weighted by molar-refractivity contribution is 6.06. The topological polar surface area (TPSA) is 71.9 Å². The van der Waals surface area contributed by atoms with Crippen LogP contribution in [0.1, 0.15) is 23.2 Å². The second-order valence-corrected chi connectivity index (χ2v) is 7.18. The molecule has 1 aromatic heterocycles. The predicted octanol–water partition coefficient (Wildman–Crippen LogP) is 4.52. The molecule has 0 aliphatic carbocycles. The molecule has 6 nitrogen and oxygen atoms in total. The number of aromatic hydroxyl groups is 1. The van der Waals surface area contributed by atoms with Crippen molar-refractivity contribution >= 4 is 16.8 Å². The van der Waals surface area contributed by atoms with Crippen molar-refractivity contribution in [3.63, 3.8) is 0 Å². The molecule has 2 heterocycles. The van der Waals surface area contributed by atoms with E-state index >= 15 is 0 Å². The lowest BCUT2D eigenvalue weighted by Crippen LogP contribution is -2.41. The smallest absolute Gasteiger partial charge is 0.493 e. The van der Waals surface area contributed by atoms with Crippen molar-refractivity contribution in [2.45, 2.75) is 25.3 Å². The highest BCUT2D eigenvalue weighted by Crippen LogP contribution is 2.29. The lowest BCUT2D eigenvalue weighted by atomic mass is 10.0. The van der Waals surface area contributed by atoms with Crippen LogP contribution in [0, 0.1) is 0 Å². The van der Waals surface area contributed by atoms with Crippen molar-refractivity contribution < 1.29 is 32.5 Å². The summed E-state index contributed by atoms with van der Waals surface area (Å²) in [5.74, 6) is -0.507. The summed E-state index contributed by atoms with van der Waals surface area (Å²) in [5.41, 5.74) is 0.907. The van der Waals surface area contributed by atoms with E-state index in [1.165, 1.54) is 24.3 Å². The molecule has 9 heteroatoms. The van der Waals surface area contributed by atoms with Crippen molar-refractivity contribution in [1.82, 2.24) is 9.88 Å². The van der Waals surface area contributed by atoms with E-state index in [0.29, 0.717) is 42.4 Å². The first-order valence-corrected chi connectivity index (χ1v) is 9.69. The number of rotatable bonds is 4. The van der Waals surface area contributed by atoms with Gasteiger partial charge in [-0.05, 0) is 18.2 Å². The third-order valence-corrected chi connectivity index (χ3v) is 5.00. The van der Waals surface area contributed by atoms with Crippen LogP contribution in [0.3, 0.4) is 0 Å². The molecule has 0 spiro atoms. The molecule has 2 aromatic carbocycles. The Kier molecular flexibility index (Phi) is 5.58. The van der Waals surface area contributed by atoms with Gasteiger partial charge in [0.05, 0.1) is 11.1 Å². The van der Waals surface area contributed by atoms with Gasteiger partial charge in [-0.3, -0.25) is 4.79 Å². The van der Waals surface area contributed by atoms with Crippen LogP contribution in [0.15, 0.2) is 54.6 Å². The predicted molar refractivity (Wildman–Crippen MR) is 106 cm³/mol. The first kappa shape index (κ1) is 20.8. The summed E-state index contributed by atoms with van der Waals surface area (Å²) in [6, 6.07) is 13.8. The summed E-state index contributed by atoms with van der Waals surface area (Å²) >= 11 is 0. The molecule has 0 bridgehead atoms. The number of carbonyl (C=O) groups excluding carboxylic acids is 1. The van der Waals surface area contributed by atoms with Crippen LogP contribution in [0.2, 0.25) is 0 Å². The van der Waals surface area contributed by atoms with E-state index in [9.17, 15) is 23.1 Å². The number of halogens is 3. The SMILES string of the molecule is O=C(c1cc(O)nc2ccccc12)N1CCC(Oc2cccc(OC(F)(F)F)c2)CC1. The fourth-order valence-electron chi connectivity index (χ4n) is 3.62. The monoisotopic (exact) mass is 432 g/mol. The maximum Gasteiger partial charge on any atom is 0.573 e. The average Bonchev–Trinajstić information content (AvgIpc) is 2.72. The van der Waals surface area contributed by atoms with Gasteiger partial charge in [-0.2, -0.15) is 0 Å². The molecule has 0 radical (unpaired) electrons. The van der Waals surface area contributed by atoms with Gasteiger partial charge in [-0.25, -0.2) is 4.98 Å². The molecule has 0 atom stereocenters. The van der Waals surface area contributed by atoms with E-state index in [1.54, 1.807) is 35.2 Å². The Balaban J connectivity index is 1.41. The number of nitrogens with zero attached hydrogens (tertiary/aromatic N) is 2. The second kappa shape index (κ2) is 8.33. The molecule has 1 fully saturated rings. The minimum Gasteiger partial charge on any atom is -0.493 e. The summed E-state index contributed by atoms with van der Waals surface area (Å²) in [7, 11) is 0. The van der Waals surface area contributed by atoms with E-state index in [1.807, 2.05) is 0 Å². The van der Waals surface area contributed by atoms with Gasteiger partial charge in [0, 0.05) is 43.5 Å². The molecule has 31 heavy (non-hydrogen) atoms. The number of hydrogen-bond donors (Lipinski definition) is 1. The van der Waals surface area contributed by atoms with E-state index in [2.05, 4.69) is 9.72 Å². The van der Waals surface area contributed by atoms with Crippen molar-refractivity contribution in [3.05, 3.63) is 60.2 Å². The first-order chi connectivity index (χ1) is 14.8. The Hall–Kier alpha value is -3.49. The molecule has 1 amide bonds. The molecule has 1 aliphatic rings. The molecular formula is C22H19F3N2O4. The molecule has 1 N–H and O–H groups in total. The number of alkyl halides is 3. The van der Waals surface area contributed by atoms with Gasteiger partial charge in [-0.15, -0.1) is 13.2 Å². The van der Waals surface area contributed by atoms with Gasteiger partial charge in [0.1, 0.15) is 17.6 Å². The zero-order valence-corrected chi connectivity index (χ0v) is 16.3. The Morgan fingerprint density at radius 3 is 2.48 bits per heavy atom. The zero-order valence-electron chi connectivity index (χ0n) is 16.3. The van der Waals surface area contributed by atoms with E-state index in [4.69, 9.17) is 4.74 Å². The summed E-state index contributed by atoms with van der Waals surface area (Å²) in [4.78, 5) is 18.7. The standard InChI is InChI=1S/C22H19F3N2O4/c23-22(24,25)31-16-5-3-4-15(12-16)30-14-8-10-27(11-9-14)21(29)18-13-20(28)26-19-7-2-1-6-17(18)19/h1-7,12-14H,8-11H2,(H,26,28). The number of benzene rings is 2. The maximum absolute atomic E-state index is 13.0. The van der Waals surface area contributed by atoms with Crippen molar-refractivity contribution in [2.24, 2.45) is 0 Å². The van der Waals surface area contributed by atoms with Crippen LogP contribution in [0.4, 0.5) is 13.2 Å². The summed E-state index contributed by atoms with van der Waals surface area (Å²) in [6.45, 7) is 0.833. The maximum atomic E-state index is 13.0. The largest absolute Gasteiger partial charge is 0.573 e. The fourth-order valence-corrected chi connectivity index (χ4v) is 3.62. The summed E-state index contributed by atoms with van der Waals surface area (Å²) < 4.78 is 46.9. The number of likely N-dealkylation sites (tertiary alicyclic amines) is 1. The third-order valence-electron chi connectivity index (χ3n) is 5.00. The van der Waals surface area contributed by atoms with Crippen molar-refractivity contribution in [2.75, 3.05) is 13.1 Å². The van der Waals surface area contributed by atoms with Crippen LogP contribution >= 0.6 is 0 Å². The number of piperidine rings is 1. The van der Waals surface area contributed by atoms with Crippen molar-refractivity contribution in [1.29, 1.82) is 0 Å². The van der Waals surface area contributed by atoms with Gasteiger partial charge in [0.25, 0.3) is 5.91 Å². The first-order valence-electron chi connectivity index (χ1n) is 9.69. The number of ether oxygens (including phenoxy) is 2. The molecule has 0 unspecified atom stereocenters. The highest BCUT2D eigenvalue weighted by Gasteiger charge is 2.31. The zero-order chi connectivity index (χ0) is 22.0. The summed E-state index contributed by atoms with van der Waals surface area (Å²) in [6.07, 6.45) is -3.97. The molecule has 3 aromatic rings. The van der Waals surface area contributed by atoms with E-state index in [0.717, 1.165) is 0 Å². The number of carbonyl (C=O) groups is 1. The lowest BCUT2D eigenvalue weighted by molar-refractivity contribution is -0.274. The van der Waals surface area contributed by atoms with Crippen LogP contribution < -0.4 is 9.47 Å². The summed E-state index contributed by atoms with van der Waals surface area (Å²) in [5, 5.41) is 10.5. The van der Waals surface area contributed by atoms with Gasteiger partial charge in [-0.1, -0.05) is 24.3 Å². The Labute approximate surface area is 175 Å². The minimum atomic E-state index is -4.77. The van der Waals surface area contributed by atoms with Gasteiger partial charge < -0.3 is 19.5 Å². The second-order valence-electron chi connectivity index (χ2n) is 7.18. The Bertz CT molecular complexity index is 1100. The number of hydrogen-bond acceptors (Lipinski definition) is 5. The number of amides is 1. The quantitative estimate of drug-likeness (QED) is 0.656. The number of pyridine rings is 1. The average molecular weight is 432 g/mol. The Morgan fingerprint density at radius 1 is 1.03 bits per heavy atom. The van der Waals surface area contributed by atoms with Crippen LogP contribution in [0.25, 0.3) is 10.9 Å². The molecular weight excluding hydrogens is 413 g/mol. The normalized spacial score (nSPS) is 15.1. The van der Waals surface area contributed by atoms with Gasteiger partial charge in [0.2, 0.25) is 5.88 Å². The molecule has 1 saturated heterocycles.